The standard InChI is InChI=1S/C20H19FN2O2/c1-12-9-13(2)19-15(10-12)11-14(20(25)23-19)3-8-18(24)22-17-6-4-16(21)5-7-17/h4-7,9-11H,3,8H2,1-2H3,(H,22,24)(H,23,25). The monoisotopic (exact) mass is 338 g/mol. The van der Waals surface area contributed by atoms with E-state index in [1.807, 2.05) is 32.0 Å². The first kappa shape index (κ1) is 16.9. The molecule has 5 heteroatoms. The number of benzene rings is 2. The molecule has 0 aliphatic carbocycles. The van der Waals surface area contributed by atoms with Crippen molar-refractivity contribution in [1.29, 1.82) is 0 Å². The van der Waals surface area contributed by atoms with Gasteiger partial charge in [-0.05, 0) is 67.6 Å². The number of nitrogens with one attached hydrogen (secondary N) is 2. The van der Waals surface area contributed by atoms with E-state index in [1.54, 1.807) is 0 Å². The Bertz CT molecular complexity index is 991. The fourth-order valence-electron chi connectivity index (χ4n) is 2.92. The van der Waals surface area contributed by atoms with Crippen molar-refractivity contribution in [1.82, 2.24) is 4.98 Å². The number of hydrogen-bond acceptors (Lipinski definition) is 2. The number of amides is 1. The number of H-pyrrole nitrogens is 1. The third kappa shape index (κ3) is 3.94. The highest BCUT2D eigenvalue weighted by molar-refractivity contribution is 5.91. The van der Waals surface area contributed by atoms with E-state index < -0.39 is 0 Å². The molecule has 2 N–H and O–H groups in total. The van der Waals surface area contributed by atoms with Crippen molar-refractivity contribution in [2.45, 2.75) is 26.7 Å². The molecule has 2 aromatic carbocycles. The maximum absolute atomic E-state index is 12.9. The molecule has 0 spiro atoms. The van der Waals surface area contributed by atoms with Gasteiger partial charge in [-0.3, -0.25) is 9.59 Å². The first-order valence-corrected chi connectivity index (χ1v) is 8.11. The van der Waals surface area contributed by atoms with E-state index in [1.165, 1.54) is 24.3 Å². The minimum atomic E-state index is -0.355. The van der Waals surface area contributed by atoms with Crippen LogP contribution in [0.1, 0.15) is 23.1 Å². The number of hydrogen-bond donors (Lipinski definition) is 2. The van der Waals surface area contributed by atoms with Crippen molar-refractivity contribution in [2.24, 2.45) is 0 Å². The molecule has 25 heavy (non-hydrogen) atoms. The summed E-state index contributed by atoms with van der Waals surface area (Å²) in [6.45, 7) is 3.97. The van der Waals surface area contributed by atoms with Gasteiger partial charge in [0.25, 0.3) is 5.56 Å². The molecule has 1 heterocycles. The Labute approximate surface area is 144 Å². The van der Waals surface area contributed by atoms with Crippen LogP contribution in [-0.2, 0) is 11.2 Å². The van der Waals surface area contributed by atoms with Crippen LogP contribution in [0.3, 0.4) is 0 Å². The smallest absolute Gasteiger partial charge is 0.251 e. The van der Waals surface area contributed by atoms with Crippen molar-refractivity contribution in [3.8, 4) is 0 Å². The third-order valence-corrected chi connectivity index (χ3v) is 4.12. The summed E-state index contributed by atoms with van der Waals surface area (Å²) in [5, 5.41) is 3.66. The van der Waals surface area contributed by atoms with Crippen molar-refractivity contribution in [3.05, 3.63) is 75.3 Å². The van der Waals surface area contributed by atoms with Crippen LogP contribution >= 0.6 is 0 Å². The lowest BCUT2D eigenvalue weighted by Gasteiger charge is -2.08. The van der Waals surface area contributed by atoms with Crippen LogP contribution in [0, 0.1) is 19.7 Å². The molecule has 0 fully saturated rings. The topological polar surface area (TPSA) is 62.0 Å². The van der Waals surface area contributed by atoms with Crippen LogP contribution in [0.25, 0.3) is 10.9 Å². The summed E-state index contributed by atoms with van der Waals surface area (Å²) < 4.78 is 12.9. The number of aromatic nitrogens is 1. The highest BCUT2D eigenvalue weighted by Gasteiger charge is 2.09. The van der Waals surface area contributed by atoms with Gasteiger partial charge < -0.3 is 10.3 Å². The number of anilines is 1. The number of fused-ring (bicyclic) bond motifs is 1. The van der Waals surface area contributed by atoms with Crippen molar-refractivity contribution >= 4 is 22.5 Å². The van der Waals surface area contributed by atoms with Gasteiger partial charge in [-0.15, -0.1) is 0 Å². The Morgan fingerprint density at radius 2 is 1.84 bits per heavy atom. The summed E-state index contributed by atoms with van der Waals surface area (Å²) in [5.41, 5.74) is 3.91. The molecule has 128 valence electrons. The SMILES string of the molecule is Cc1cc(C)c2[nH]c(=O)c(CCC(=O)Nc3ccc(F)cc3)cc2c1. The summed E-state index contributed by atoms with van der Waals surface area (Å²) >= 11 is 0. The Hall–Kier alpha value is -2.95. The summed E-state index contributed by atoms with van der Waals surface area (Å²) in [6.07, 6.45) is 0.516. The fraction of sp³-hybridized carbons (Fsp3) is 0.200. The fourth-order valence-corrected chi connectivity index (χ4v) is 2.92. The maximum Gasteiger partial charge on any atom is 0.251 e. The van der Waals surface area contributed by atoms with Gasteiger partial charge in [0.2, 0.25) is 5.91 Å². The minimum absolute atomic E-state index is 0.172. The second kappa shape index (κ2) is 6.89. The molecule has 0 bridgehead atoms. The zero-order valence-corrected chi connectivity index (χ0v) is 14.2. The summed E-state index contributed by atoms with van der Waals surface area (Å²) in [6, 6.07) is 11.5. The van der Waals surface area contributed by atoms with Gasteiger partial charge in [0.1, 0.15) is 5.82 Å². The van der Waals surface area contributed by atoms with E-state index in [0.29, 0.717) is 17.7 Å². The normalized spacial score (nSPS) is 10.8. The first-order valence-electron chi connectivity index (χ1n) is 8.11. The number of pyridine rings is 1. The third-order valence-electron chi connectivity index (χ3n) is 4.12. The zero-order valence-electron chi connectivity index (χ0n) is 14.2. The summed E-state index contributed by atoms with van der Waals surface area (Å²) in [4.78, 5) is 27.2. The molecule has 1 amide bonds. The zero-order chi connectivity index (χ0) is 18.0. The molecule has 1 aromatic heterocycles. The Kier molecular flexibility index (Phi) is 4.65. The highest BCUT2D eigenvalue weighted by Crippen LogP contribution is 2.18. The van der Waals surface area contributed by atoms with E-state index in [-0.39, 0.29) is 23.7 Å². The average Bonchev–Trinajstić information content (AvgIpc) is 2.56. The molecule has 3 rings (SSSR count). The van der Waals surface area contributed by atoms with Crippen molar-refractivity contribution in [3.63, 3.8) is 0 Å². The predicted octanol–water partition coefficient (Wildman–Crippen LogP) is 3.86. The van der Waals surface area contributed by atoms with Gasteiger partial charge in [-0.2, -0.15) is 0 Å². The summed E-state index contributed by atoms with van der Waals surface area (Å²) in [7, 11) is 0. The molecular formula is C20H19FN2O2. The Morgan fingerprint density at radius 1 is 1.12 bits per heavy atom. The van der Waals surface area contributed by atoms with Crippen LogP contribution < -0.4 is 10.9 Å². The van der Waals surface area contributed by atoms with Gasteiger partial charge in [0.05, 0.1) is 5.52 Å². The van der Waals surface area contributed by atoms with E-state index in [0.717, 1.165) is 22.0 Å². The van der Waals surface area contributed by atoms with Gasteiger partial charge in [0, 0.05) is 17.7 Å². The van der Waals surface area contributed by atoms with Crippen LogP contribution in [-0.4, -0.2) is 10.9 Å². The Balaban J connectivity index is 1.74. The molecule has 0 aliphatic rings. The van der Waals surface area contributed by atoms with Crippen LogP contribution in [0.2, 0.25) is 0 Å². The average molecular weight is 338 g/mol. The lowest BCUT2D eigenvalue weighted by molar-refractivity contribution is -0.116. The van der Waals surface area contributed by atoms with Crippen LogP contribution in [0.4, 0.5) is 10.1 Å². The molecule has 0 aliphatic heterocycles. The van der Waals surface area contributed by atoms with Crippen LogP contribution in [0.5, 0.6) is 0 Å². The number of carbonyl (C=O) groups is 1. The molecular weight excluding hydrogens is 319 g/mol. The molecule has 3 aromatic rings. The first-order chi connectivity index (χ1) is 11.9. The molecule has 0 unspecified atom stereocenters. The molecule has 0 atom stereocenters. The van der Waals surface area contributed by atoms with Gasteiger partial charge in [-0.1, -0.05) is 11.6 Å². The lowest BCUT2D eigenvalue weighted by Crippen LogP contribution is -2.17. The molecule has 0 radical (unpaired) electrons. The minimum Gasteiger partial charge on any atom is -0.326 e. The van der Waals surface area contributed by atoms with Crippen LogP contribution in [0.15, 0.2) is 47.3 Å². The molecule has 0 saturated carbocycles. The van der Waals surface area contributed by atoms with Gasteiger partial charge >= 0.3 is 0 Å². The van der Waals surface area contributed by atoms with E-state index in [4.69, 9.17) is 0 Å². The van der Waals surface area contributed by atoms with Gasteiger partial charge in [0.15, 0.2) is 0 Å². The number of aryl methyl sites for hydroxylation is 3. The summed E-state index contributed by atoms with van der Waals surface area (Å²) in [5.74, 6) is -0.571. The molecule has 0 saturated heterocycles. The number of aromatic amines is 1. The second-order valence-electron chi connectivity index (χ2n) is 6.22. The largest absolute Gasteiger partial charge is 0.326 e. The number of rotatable bonds is 4. The maximum atomic E-state index is 12.9. The quantitative estimate of drug-likeness (QED) is 0.759. The Morgan fingerprint density at radius 3 is 2.56 bits per heavy atom. The van der Waals surface area contributed by atoms with Gasteiger partial charge in [-0.25, -0.2) is 4.39 Å². The predicted molar refractivity (Wildman–Crippen MR) is 97.4 cm³/mol. The second-order valence-corrected chi connectivity index (χ2v) is 6.22. The lowest BCUT2D eigenvalue weighted by atomic mass is 10.0. The van der Waals surface area contributed by atoms with E-state index in [9.17, 15) is 14.0 Å². The van der Waals surface area contributed by atoms with E-state index >= 15 is 0 Å². The van der Waals surface area contributed by atoms with Crippen molar-refractivity contribution in [2.75, 3.05) is 5.32 Å². The highest BCUT2D eigenvalue weighted by atomic mass is 19.1. The van der Waals surface area contributed by atoms with Crippen molar-refractivity contribution < 1.29 is 9.18 Å². The van der Waals surface area contributed by atoms with E-state index in [2.05, 4.69) is 10.3 Å². The number of halogens is 1. The molecule has 4 nitrogen and oxygen atoms in total. The number of carbonyl (C=O) groups excluding carboxylic acids is 1.